The van der Waals surface area contributed by atoms with E-state index in [1.807, 2.05) is 0 Å². The number of aromatic nitrogens is 1. The molecule has 0 aromatic carbocycles. The lowest BCUT2D eigenvalue weighted by atomic mass is 10.2. The van der Waals surface area contributed by atoms with E-state index in [0.29, 0.717) is 32.4 Å². The number of nitro groups is 1. The van der Waals surface area contributed by atoms with Crippen molar-refractivity contribution in [1.29, 1.82) is 0 Å². The third-order valence-electron chi connectivity index (χ3n) is 3.33. The summed E-state index contributed by atoms with van der Waals surface area (Å²) < 4.78 is 37.8. The van der Waals surface area contributed by atoms with Crippen LogP contribution in [0.4, 0.5) is 19.0 Å². The first kappa shape index (κ1) is 17.1. The molecule has 0 unspecified atom stereocenters. The summed E-state index contributed by atoms with van der Waals surface area (Å²) in [6.07, 6.45) is -3.07. The predicted molar refractivity (Wildman–Crippen MR) is 77.3 cm³/mol. The van der Waals surface area contributed by atoms with E-state index in [1.165, 1.54) is 0 Å². The summed E-state index contributed by atoms with van der Waals surface area (Å²) in [6, 6.07) is 0.831. The largest absolute Gasteiger partial charge is 0.417 e. The highest BCUT2D eigenvalue weighted by Crippen LogP contribution is 2.33. The van der Waals surface area contributed by atoms with Gasteiger partial charge in [-0.2, -0.15) is 13.2 Å². The van der Waals surface area contributed by atoms with Crippen LogP contribution in [0.5, 0.6) is 0 Å². The van der Waals surface area contributed by atoms with Crippen LogP contribution in [0.15, 0.2) is 24.3 Å². The fourth-order valence-corrected chi connectivity index (χ4v) is 2.47. The van der Waals surface area contributed by atoms with Crippen LogP contribution in [0.2, 0.25) is 5.02 Å². The molecule has 0 saturated carbocycles. The molecule has 7 nitrogen and oxygen atoms in total. The van der Waals surface area contributed by atoms with Crippen molar-refractivity contribution in [2.24, 2.45) is 5.73 Å². The van der Waals surface area contributed by atoms with Gasteiger partial charge in [-0.15, -0.1) is 0 Å². The monoisotopic (exact) mass is 351 g/mol. The molecule has 1 aliphatic heterocycles. The normalized spacial score (nSPS) is 16.6. The highest BCUT2D eigenvalue weighted by atomic mass is 35.5. The lowest BCUT2D eigenvalue weighted by Gasteiger charge is -2.36. The Labute approximate surface area is 134 Å². The van der Waals surface area contributed by atoms with E-state index in [4.69, 9.17) is 17.3 Å². The van der Waals surface area contributed by atoms with Crippen LogP contribution in [0, 0.1) is 10.1 Å². The Bertz CT molecular complexity index is 630. The molecule has 2 N–H and O–H groups in total. The molecule has 11 heteroatoms. The third kappa shape index (κ3) is 4.15. The molecule has 2 heterocycles. The highest BCUT2D eigenvalue weighted by molar-refractivity contribution is 6.33. The van der Waals surface area contributed by atoms with Crippen LogP contribution in [-0.4, -0.2) is 41.0 Å². The number of nitrogens with zero attached hydrogens (tertiary/aromatic N) is 4. The Morgan fingerprint density at radius 3 is 2.48 bits per heavy atom. The fourth-order valence-electron chi connectivity index (χ4n) is 2.18. The zero-order chi connectivity index (χ0) is 17.2. The summed E-state index contributed by atoms with van der Waals surface area (Å²) in [5, 5.41) is 10.3. The van der Waals surface area contributed by atoms with Gasteiger partial charge in [-0.25, -0.2) is 4.98 Å². The fraction of sp³-hybridized carbons (Fsp3) is 0.417. The van der Waals surface area contributed by atoms with Gasteiger partial charge in [0.1, 0.15) is 5.82 Å². The van der Waals surface area contributed by atoms with Gasteiger partial charge in [0.05, 0.1) is 15.5 Å². The van der Waals surface area contributed by atoms with E-state index < -0.39 is 16.7 Å². The SMILES string of the molecule is NC(=C[N+](=O)[O-])N1CCN(c2ncc(C(F)(F)F)cc2Cl)CC1. The molecule has 0 bridgehead atoms. The lowest BCUT2D eigenvalue weighted by Crippen LogP contribution is -2.47. The van der Waals surface area contributed by atoms with Crippen molar-refractivity contribution in [3.8, 4) is 0 Å². The molecule has 0 spiro atoms. The van der Waals surface area contributed by atoms with Gasteiger partial charge in [-0.05, 0) is 6.07 Å². The van der Waals surface area contributed by atoms with Crippen molar-refractivity contribution in [3.63, 3.8) is 0 Å². The van der Waals surface area contributed by atoms with Crippen LogP contribution in [0.25, 0.3) is 0 Å². The zero-order valence-electron chi connectivity index (χ0n) is 11.8. The number of hydrogen-bond donors (Lipinski definition) is 1. The smallest absolute Gasteiger partial charge is 0.380 e. The molecule has 1 saturated heterocycles. The first-order chi connectivity index (χ1) is 10.7. The molecule has 0 amide bonds. The molecule has 1 fully saturated rings. The number of anilines is 1. The minimum atomic E-state index is -4.50. The number of piperazine rings is 1. The molecule has 1 aromatic heterocycles. The first-order valence-corrected chi connectivity index (χ1v) is 6.89. The average Bonchev–Trinajstić information content (AvgIpc) is 2.45. The first-order valence-electron chi connectivity index (χ1n) is 6.52. The summed E-state index contributed by atoms with van der Waals surface area (Å²) in [5.74, 6) is 0.275. The van der Waals surface area contributed by atoms with Crippen molar-refractivity contribution >= 4 is 17.4 Å². The maximum atomic E-state index is 12.6. The summed E-state index contributed by atoms with van der Waals surface area (Å²) in [4.78, 5) is 16.8. The summed E-state index contributed by atoms with van der Waals surface area (Å²) in [7, 11) is 0. The van der Waals surface area contributed by atoms with E-state index in [1.54, 1.807) is 9.80 Å². The minimum absolute atomic E-state index is 0.0288. The van der Waals surface area contributed by atoms with Crippen molar-refractivity contribution in [1.82, 2.24) is 9.88 Å². The number of hydrogen-bond acceptors (Lipinski definition) is 6. The summed E-state index contributed by atoms with van der Waals surface area (Å²) in [5.41, 5.74) is 4.68. The molecular formula is C12H13ClF3N5O2. The molecular weight excluding hydrogens is 339 g/mol. The molecule has 1 aromatic rings. The Kier molecular flexibility index (Phi) is 4.83. The van der Waals surface area contributed by atoms with Crippen LogP contribution < -0.4 is 10.6 Å². The Morgan fingerprint density at radius 1 is 1.39 bits per heavy atom. The minimum Gasteiger partial charge on any atom is -0.380 e. The lowest BCUT2D eigenvalue weighted by molar-refractivity contribution is -0.404. The second-order valence-electron chi connectivity index (χ2n) is 4.84. The molecule has 23 heavy (non-hydrogen) atoms. The van der Waals surface area contributed by atoms with Gasteiger partial charge < -0.3 is 15.5 Å². The average molecular weight is 352 g/mol. The summed E-state index contributed by atoms with van der Waals surface area (Å²) in [6.45, 7) is 1.50. The molecule has 0 radical (unpaired) electrons. The van der Waals surface area contributed by atoms with Crippen molar-refractivity contribution < 1.29 is 18.1 Å². The Balaban J connectivity index is 2.07. The van der Waals surface area contributed by atoms with Gasteiger partial charge in [-0.1, -0.05) is 11.6 Å². The number of halogens is 4. The molecule has 2 rings (SSSR count). The quantitative estimate of drug-likeness (QED) is 0.661. The van der Waals surface area contributed by atoms with Crippen LogP contribution in [-0.2, 0) is 6.18 Å². The van der Waals surface area contributed by atoms with Crippen LogP contribution in [0.1, 0.15) is 5.56 Å². The van der Waals surface area contributed by atoms with Crippen molar-refractivity contribution in [3.05, 3.63) is 45.0 Å². The summed E-state index contributed by atoms with van der Waals surface area (Å²) >= 11 is 5.89. The topological polar surface area (TPSA) is 88.5 Å². The van der Waals surface area contributed by atoms with Crippen LogP contribution in [0.3, 0.4) is 0 Å². The molecule has 0 aliphatic carbocycles. The van der Waals surface area contributed by atoms with Gasteiger partial charge in [0.15, 0.2) is 5.82 Å². The van der Waals surface area contributed by atoms with Crippen molar-refractivity contribution in [2.75, 3.05) is 31.1 Å². The molecule has 1 aliphatic rings. The van der Waals surface area contributed by atoms with E-state index in [-0.39, 0.29) is 16.7 Å². The van der Waals surface area contributed by atoms with Crippen LogP contribution >= 0.6 is 11.6 Å². The van der Waals surface area contributed by atoms with Gasteiger partial charge in [0.2, 0.25) is 0 Å². The highest BCUT2D eigenvalue weighted by Gasteiger charge is 2.32. The standard InChI is InChI=1S/C12H13ClF3N5O2/c13-9-5-8(12(14,15)16)6-18-11(9)20-3-1-19(2-4-20)10(17)7-21(22)23/h5-7H,1-4,17H2. The number of alkyl halides is 3. The van der Waals surface area contributed by atoms with E-state index in [9.17, 15) is 23.3 Å². The Morgan fingerprint density at radius 2 is 2.00 bits per heavy atom. The van der Waals surface area contributed by atoms with Gasteiger partial charge in [-0.3, -0.25) is 10.1 Å². The molecule has 0 atom stereocenters. The Hall–Kier alpha value is -2.23. The maximum absolute atomic E-state index is 12.6. The van der Waals surface area contributed by atoms with Gasteiger partial charge in [0.25, 0.3) is 6.20 Å². The van der Waals surface area contributed by atoms with Crippen molar-refractivity contribution in [2.45, 2.75) is 6.18 Å². The number of nitrogens with two attached hydrogens (primary N) is 1. The van der Waals surface area contributed by atoms with Gasteiger partial charge >= 0.3 is 6.18 Å². The zero-order valence-corrected chi connectivity index (χ0v) is 12.5. The van der Waals surface area contributed by atoms with Gasteiger partial charge in [0, 0.05) is 32.4 Å². The maximum Gasteiger partial charge on any atom is 0.417 e. The van der Waals surface area contributed by atoms with E-state index >= 15 is 0 Å². The predicted octanol–water partition coefficient (Wildman–Crippen LogP) is 1.91. The second kappa shape index (κ2) is 6.49. The van der Waals surface area contributed by atoms with E-state index in [2.05, 4.69) is 4.98 Å². The third-order valence-corrected chi connectivity index (χ3v) is 3.61. The van der Waals surface area contributed by atoms with E-state index in [0.717, 1.165) is 12.3 Å². The second-order valence-corrected chi connectivity index (χ2v) is 5.25. The number of rotatable bonds is 3. The molecule has 126 valence electrons. The number of pyridine rings is 1.